The molecule has 2 aromatic carbocycles. The molecule has 2 aliphatic carbocycles. The number of carbonyl (C=O) groups excluding carboxylic acids is 5. The van der Waals surface area contributed by atoms with Crippen LogP contribution in [0.15, 0.2) is 65.2 Å². The van der Waals surface area contributed by atoms with Crippen LogP contribution in [0.3, 0.4) is 0 Å². The van der Waals surface area contributed by atoms with Crippen molar-refractivity contribution >= 4 is 51.2 Å². The maximum atomic E-state index is 13.0. The molecule has 1 aliphatic heterocycles. The molecule has 178 valence electrons. The number of amides is 4. The molecule has 1 saturated carbocycles. The van der Waals surface area contributed by atoms with Gasteiger partial charge in [-0.2, -0.15) is 0 Å². The molecular formula is C25H20BrN3O6. The van der Waals surface area contributed by atoms with Crippen LogP contribution >= 0.6 is 15.9 Å². The number of allylic oxidation sites excluding steroid dienone is 2. The van der Waals surface area contributed by atoms with Crippen molar-refractivity contribution in [1.29, 1.82) is 0 Å². The molecule has 2 bridgehead atoms. The van der Waals surface area contributed by atoms with Crippen LogP contribution in [0, 0.1) is 23.7 Å². The van der Waals surface area contributed by atoms with E-state index in [1.807, 2.05) is 12.2 Å². The van der Waals surface area contributed by atoms with Crippen molar-refractivity contribution in [2.75, 3.05) is 11.5 Å². The van der Waals surface area contributed by atoms with Crippen LogP contribution in [0.4, 0.5) is 5.69 Å². The van der Waals surface area contributed by atoms with Gasteiger partial charge in [0.2, 0.25) is 11.8 Å². The van der Waals surface area contributed by atoms with E-state index < -0.39 is 24.4 Å². The van der Waals surface area contributed by atoms with E-state index >= 15 is 0 Å². The van der Waals surface area contributed by atoms with Gasteiger partial charge >= 0.3 is 5.97 Å². The number of halogens is 1. The van der Waals surface area contributed by atoms with Gasteiger partial charge in [0, 0.05) is 10.0 Å². The molecule has 9 nitrogen and oxygen atoms in total. The molecule has 2 fully saturated rings. The van der Waals surface area contributed by atoms with Gasteiger partial charge in [-0.15, -0.1) is 0 Å². The Morgan fingerprint density at radius 2 is 1.57 bits per heavy atom. The molecule has 2 aromatic rings. The number of ether oxygens (including phenoxy) is 1. The van der Waals surface area contributed by atoms with Gasteiger partial charge in [0.05, 0.1) is 23.1 Å². The predicted octanol–water partition coefficient (Wildman–Crippen LogP) is 2.38. The molecule has 0 radical (unpaired) electrons. The molecule has 0 spiro atoms. The molecule has 1 heterocycles. The Hall–Kier alpha value is -3.79. The lowest BCUT2D eigenvalue weighted by atomic mass is 9.85. The van der Waals surface area contributed by atoms with Gasteiger partial charge in [0.25, 0.3) is 11.8 Å². The Balaban J connectivity index is 1.17. The number of hydrazine groups is 1. The summed E-state index contributed by atoms with van der Waals surface area (Å²) in [4.78, 5) is 63.7. The summed E-state index contributed by atoms with van der Waals surface area (Å²) < 4.78 is 5.83. The molecule has 4 amide bonds. The number of rotatable bonds is 5. The van der Waals surface area contributed by atoms with E-state index in [2.05, 4.69) is 26.8 Å². The molecule has 3 aliphatic rings. The highest BCUT2D eigenvalue weighted by Crippen LogP contribution is 2.53. The lowest BCUT2D eigenvalue weighted by Crippen LogP contribution is -2.43. The van der Waals surface area contributed by atoms with Crippen molar-refractivity contribution in [2.45, 2.75) is 6.42 Å². The third-order valence-corrected chi connectivity index (χ3v) is 7.10. The molecule has 10 heteroatoms. The normalized spacial score (nSPS) is 23.9. The van der Waals surface area contributed by atoms with Crippen LogP contribution in [-0.4, -0.2) is 36.2 Å². The van der Waals surface area contributed by atoms with Crippen molar-refractivity contribution in [2.24, 2.45) is 23.7 Å². The first-order chi connectivity index (χ1) is 16.8. The molecular weight excluding hydrogens is 518 g/mol. The third-order valence-electron chi connectivity index (χ3n) is 6.57. The highest BCUT2D eigenvalue weighted by atomic mass is 79.9. The van der Waals surface area contributed by atoms with Gasteiger partial charge in [-0.1, -0.05) is 34.1 Å². The zero-order chi connectivity index (χ0) is 24.7. The fourth-order valence-electron chi connectivity index (χ4n) is 4.98. The summed E-state index contributed by atoms with van der Waals surface area (Å²) in [5.74, 6) is -3.08. The van der Waals surface area contributed by atoms with Gasteiger partial charge in [0.15, 0.2) is 6.61 Å². The minimum absolute atomic E-state index is 0.0855. The van der Waals surface area contributed by atoms with E-state index in [-0.39, 0.29) is 41.0 Å². The highest BCUT2D eigenvalue weighted by molar-refractivity contribution is 9.10. The van der Waals surface area contributed by atoms with Crippen molar-refractivity contribution in [1.82, 2.24) is 10.9 Å². The molecule has 1 saturated heterocycles. The Morgan fingerprint density at radius 3 is 2.23 bits per heavy atom. The lowest BCUT2D eigenvalue weighted by molar-refractivity contribution is -0.125. The summed E-state index contributed by atoms with van der Waals surface area (Å²) in [5.41, 5.74) is 5.14. The van der Waals surface area contributed by atoms with Crippen LogP contribution in [0.5, 0.6) is 0 Å². The summed E-state index contributed by atoms with van der Waals surface area (Å²) in [6.07, 6.45) is 4.86. The predicted molar refractivity (Wildman–Crippen MR) is 127 cm³/mol. The number of hydrogen-bond acceptors (Lipinski definition) is 6. The average Bonchev–Trinajstić information content (AvgIpc) is 3.55. The van der Waals surface area contributed by atoms with Crippen LogP contribution in [0.2, 0.25) is 0 Å². The monoisotopic (exact) mass is 537 g/mol. The Morgan fingerprint density at radius 1 is 0.914 bits per heavy atom. The zero-order valence-electron chi connectivity index (χ0n) is 18.3. The van der Waals surface area contributed by atoms with Crippen molar-refractivity contribution in [3.63, 3.8) is 0 Å². The summed E-state index contributed by atoms with van der Waals surface area (Å²) >= 11 is 3.27. The van der Waals surface area contributed by atoms with Crippen molar-refractivity contribution in [3.8, 4) is 0 Å². The number of fused-ring (bicyclic) bond motifs is 5. The van der Waals surface area contributed by atoms with Gasteiger partial charge < -0.3 is 4.74 Å². The summed E-state index contributed by atoms with van der Waals surface area (Å²) in [7, 11) is 0. The number of hydrogen-bond donors (Lipinski definition) is 2. The van der Waals surface area contributed by atoms with Gasteiger partial charge in [0.1, 0.15) is 0 Å². The molecule has 0 aromatic heterocycles. The van der Waals surface area contributed by atoms with E-state index in [0.29, 0.717) is 11.3 Å². The topological polar surface area (TPSA) is 122 Å². The number of nitrogens with zero attached hydrogens (tertiary/aromatic N) is 1. The first kappa shape index (κ1) is 23.0. The smallest absolute Gasteiger partial charge is 0.338 e. The minimum atomic E-state index is -0.803. The molecule has 4 atom stereocenters. The van der Waals surface area contributed by atoms with Crippen LogP contribution in [-0.2, 0) is 19.1 Å². The summed E-state index contributed by atoms with van der Waals surface area (Å²) in [6, 6.07) is 12.5. The quantitative estimate of drug-likeness (QED) is 0.261. The number of anilines is 1. The number of nitrogens with one attached hydrogen (secondary N) is 2. The fraction of sp³-hybridized carbons (Fsp3) is 0.240. The lowest BCUT2D eigenvalue weighted by Gasteiger charge is -2.18. The van der Waals surface area contributed by atoms with Gasteiger partial charge in [-0.25, -0.2) is 9.69 Å². The van der Waals surface area contributed by atoms with E-state index in [4.69, 9.17) is 4.74 Å². The number of esters is 1. The molecule has 35 heavy (non-hydrogen) atoms. The van der Waals surface area contributed by atoms with Crippen molar-refractivity contribution in [3.05, 3.63) is 76.3 Å². The summed E-state index contributed by atoms with van der Waals surface area (Å²) in [6.45, 7) is -0.634. The molecule has 2 N–H and O–H groups in total. The molecule has 5 rings (SSSR count). The fourth-order valence-corrected chi connectivity index (χ4v) is 5.24. The van der Waals surface area contributed by atoms with E-state index in [1.165, 1.54) is 12.1 Å². The second-order valence-corrected chi connectivity index (χ2v) is 9.56. The third kappa shape index (κ3) is 4.25. The second-order valence-electron chi connectivity index (χ2n) is 8.65. The first-order valence-electron chi connectivity index (χ1n) is 11.0. The van der Waals surface area contributed by atoms with Crippen LogP contribution < -0.4 is 15.8 Å². The minimum Gasteiger partial charge on any atom is -0.452 e. The SMILES string of the molecule is O=C(COC(=O)c1cccc(N2C(=O)[C@@H]3[C@@H](C2=O)[C@H]2C=C[C@H]3C2)c1)NNC(=O)c1ccc(Br)cc1. The van der Waals surface area contributed by atoms with Crippen LogP contribution in [0.1, 0.15) is 27.1 Å². The van der Waals surface area contributed by atoms with Gasteiger partial charge in [-0.05, 0) is 60.7 Å². The second kappa shape index (κ2) is 9.10. The zero-order valence-corrected chi connectivity index (χ0v) is 19.9. The maximum absolute atomic E-state index is 13.0. The van der Waals surface area contributed by atoms with E-state index in [1.54, 1.807) is 36.4 Å². The van der Waals surface area contributed by atoms with Crippen molar-refractivity contribution < 1.29 is 28.7 Å². The standard InChI is InChI=1S/C25H20BrN3O6/c26-17-8-6-13(7-9-17)22(31)28-27-19(30)12-35-25(34)16-2-1-3-18(11-16)29-23(32)20-14-4-5-15(10-14)21(20)24(29)33/h1-9,11,14-15,20-21H,10,12H2,(H,27,30)(H,28,31)/t14-,15-,20-,21-/m0/s1. The maximum Gasteiger partial charge on any atom is 0.338 e. The van der Waals surface area contributed by atoms with Crippen LogP contribution in [0.25, 0.3) is 0 Å². The Labute approximate surface area is 208 Å². The number of benzene rings is 2. The number of imide groups is 1. The average molecular weight is 538 g/mol. The Bertz CT molecular complexity index is 1240. The highest BCUT2D eigenvalue weighted by Gasteiger charge is 2.59. The van der Waals surface area contributed by atoms with E-state index in [9.17, 15) is 24.0 Å². The largest absolute Gasteiger partial charge is 0.452 e. The van der Waals surface area contributed by atoms with E-state index in [0.717, 1.165) is 15.8 Å². The summed E-state index contributed by atoms with van der Waals surface area (Å²) in [5, 5.41) is 0. The number of carbonyl (C=O) groups is 5. The van der Waals surface area contributed by atoms with Gasteiger partial charge in [-0.3, -0.25) is 30.0 Å². The first-order valence-corrected chi connectivity index (χ1v) is 11.8. The Kier molecular flexibility index (Phi) is 5.98. The molecule has 0 unspecified atom stereocenters.